The summed E-state index contributed by atoms with van der Waals surface area (Å²) in [6, 6.07) is 4.49. The molecule has 0 aliphatic carbocycles. The smallest absolute Gasteiger partial charge is 0.286 e. The predicted molar refractivity (Wildman–Crippen MR) is 66.3 cm³/mol. The standard InChI is InChI=1S/C10H6BrFN2OS/c11-6-3-5(1-2-7(6)12)4-8-9(15)14-10(13)16-8/h1-4H,(H2,13,14,15)/b8-4+. The molecule has 1 aliphatic heterocycles. The Kier molecular flexibility index (Phi) is 3.11. The van der Waals surface area contributed by atoms with Crippen LogP contribution in [-0.4, -0.2) is 11.1 Å². The Bertz CT molecular complexity index is 528. The molecule has 0 atom stereocenters. The first kappa shape index (κ1) is 11.3. The van der Waals surface area contributed by atoms with Gasteiger partial charge in [-0.3, -0.25) is 4.79 Å². The lowest BCUT2D eigenvalue weighted by atomic mass is 10.2. The number of carbonyl (C=O) groups is 1. The van der Waals surface area contributed by atoms with Gasteiger partial charge in [-0.25, -0.2) is 4.39 Å². The molecule has 0 saturated carbocycles. The van der Waals surface area contributed by atoms with Gasteiger partial charge in [0.15, 0.2) is 5.17 Å². The van der Waals surface area contributed by atoms with E-state index >= 15 is 0 Å². The summed E-state index contributed by atoms with van der Waals surface area (Å²) in [6.45, 7) is 0. The lowest BCUT2D eigenvalue weighted by molar-refractivity contribution is -0.113. The lowest BCUT2D eigenvalue weighted by Gasteiger charge is -1.98. The topological polar surface area (TPSA) is 55.4 Å². The van der Waals surface area contributed by atoms with Gasteiger partial charge in [-0.1, -0.05) is 6.07 Å². The summed E-state index contributed by atoms with van der Waals surface area (Å²) in [4.78, 5) is 15.3. The number of amides is 1. The van der Waals surface area contributed by atoms with Crippen molar-refractivity contribution in [1.82, 2.24) is 0 Å². The minimum atomic E-state index is -0.358. The van der Waals surface area contributed by atoms with Gasteiger partial charge in [-0.05, 0) is 51.5 Å². The van der Waals surface area contributed by atoms with E-state index in [1.807, 2.05) is 0 Å². The molecule has 0 fully saturated rings. The summed E-state index contributed by atoms with van der Waals surface area (Å²) in [7, 11) is 0. The van der Waals surface area contributed by atoms with Crippen LogP contribution in [0.3, 0.4) is 0 Å². The van der Waals surface area contributed by atoms with Crippen LogP contribution in [0.4, 0.5) is 4.39 Å². The summed E-state index contributed by atoms with van der Waals surface area (Å²) < 4.78 is 13.3. The summed E-state index contributed by atoms with van der Waals surface area (Å²) >= 11 is 4.18. The molecule has 1 aromatic carbocycles. The van der Waals surface area contributed by atoms with E-state index in [0.29, 0.717) is 14.9 Å². The fraction of sp³-hybridized carbons (Fsp3) is 0. The fourth-order valence-corrected chi connectivity index (χ4v) is 2.26. The molecule has 3 nitrogen and oxygen atoms in total. The number of nitrogens with two attached hydrogens (primary N) is 1. The molecular weight excluding hydrogens is 295 g/mol. The van der Waals surface area contributed by atoms with Crippen LogP contribution in [0.15, 0.2) is 32.6 Å². The van der Waals surface area contributed by atoms with Crippen molar-refractivity contribution in [3.05, 3.63) is 39.0 Å². The second kappa shape index (κ2) is 4.39. The number of rotatable bonds is 1. The van der Waals surface area contributed by atoms with Gasteiger partial charge in [-0.2, -0.15) is 4.99 Å². The molecule has 0 bridgehead atoms. The molecule has 16 heavy (non-hydrogen) atoms. The number of amidine groups is 1. The third kappa shape index (κ3) is 2.33. The number of hydrogen-bond acceptors (Lipinski definition) is 3. The highest BCUT2D eigenvalue weighted by Crippen LogP contribution is 2.27. The van der Waals surface area contributed by atoms with E-state index in [9.17, 15) is 9.18 Å². The van der Waals surface area contributed by atoms with Crippen LogP contribution in [0.2, 0.25) is 0 Å². The third-order valence-corrected chi connectivity index (χ3v) is 3.30. The third-order valence-electron chi connectivity index (χ3n) is 1.88. The first-order valence-corrected chi connectivity index (χ1v) is 5.90. The molecule has 0 radical (unpaired) electrons. The molecule has 1 amide bonds. The largest absolute Gasteiger partial charge is 0.378 e. The molecule has 82 valence electrons. The first-order chi connectivity index (χ1) is 7.56. The van der Waals surface area contributed by atoms with Crippen molar-refractivity contribution in [2.75, 3.05) is 0 Å². The molecule has 0 spiro atoms. The molecule has 1 heterocycles. The van der Waals surface area contributed by atoms with Crippen molar-refractivity contribution in [1.29, 1.82) is 0 Å². The minimum absolute atomic E-state index is 0.234. The molecule has 0 saturated heterocycles. The Hall–Kier alpha value is -1.14. The molecule has 6 heteroatoms. The van der Waals surface area contributed by atoms with Crippen molar-refractivity contribution < 1.29 is 9.18 Å². The zero-order valence-electron chi connectivity index (χ0n) is 7.91. The van der Waals surface area contributed by atoms with E-state index in [1.54, 1.807) is 18.2 Å². The molecule has 1 aromatic rings. The first-order valence-electron chi connectivity index (χ1n) is 4.29. The molecule has 2 rings (SSSR count). The Balaban J connectivity index is 2.31. The van der Waals surface area contributed by atoms with Crippen LogP contribution in [0.5, 0.6) is 0 Å². The number of carbonyl (C=O) groups excluding carboxylic acids is 1. The van der Waals surface area contributed by atoms with Gasteiger partial charge in [-0.15, -0.1) is 0 Å². The zero-order chi connectivity index (χ0) is 11.7. The highest BCUT2D eigenvalue weighted by Gasteiger charge is 2.19. The van der Waals surface area contributed by atoms with Gasteiger partial charge in [0.05, 0.1) is 9.38 Å². The number of halogens is 2. The number of nitrogens with zero attached hydrogens (tertiary/aromatic N) is 1. The Morgan fingerprint density at radius 1 is 1.50 bits per heavy atom. The second-order valence-electron chi connectivity index (χ2n) is 3.04. The van der Waals surface area contributed by atoms with E-state index in [2.05, 4.69) is 20.9 Å². The average Bonchev–Trinajstić information content (AvgIpc) is 2.51. The highest BCUT2D eigenvalue weighted by atomic mass is 79.9. The van der Waals surface area contributed by atoms with Crippen LogP contribution in [0.1, 0.15) is 5.56 Å². The predicted octanol–water partition coefficient (Wildman–Crippen LogP) is 2.52. The molecular formula is C10H6BrFN2OS. The highest BCUT2D eigenvalue weighted by molar-refractivity contribution is 9.10. The minimum Gasteiger partial charge on any atom is -0.378 e. The molecule has 0 unspecified atom stereocenters. The zero-order valence-corrected chi connectivity index (χ0v) is 10.3. The second-order valence-corrected chi connectivity index (χ2v) is 4.96. The van der Waals surface area contributed by atoms with Crippen LogP contribution in [0, 0.1) is 5.82 Å². The van der Waals surface area contributed by atoms with Crippen LogP contribution in [0.25, 0.3) is 6.08 Å². The van der Waals surface area contributed by atoms with Gasteiger partial charge in [0.1, 0.15) is 5.82 Å². The Labute approximate surface area is 104 Å². The van der Waals surface area contributed by atoms with Crippen molar-refractivity contribution in [2.45, 2.75) is 0 Å². The Morgan fingerprint density at radius 2 is 2.25 bits per heavy atom. The maximum Gasteiger partial charge on any atom is 0.286 e. The van der Waals surface area contributed by atoms with E-state index in [1.165, 1.54) is 6.07 Å². The van der Waals surface area contributed by atoms with Crippen molar-refractivity contribution in [3.63, 3.8) is 0 Å². The number of aliphatic imine (C=N–C) groups is 1. The normalized spacial score (nSPS) is 18.0. The van der Waals surface area contributed by atoms with E-state index in [4.69, 9.17) is 5.73 Å². The Morgan fingerprint density at radius 3 is 2.81 bits per heavy atom. The monoisotopic (exact) mass is 300 g/mol. The average molecular weight is 301 g/mol. The van der Waals surface area contributed by atoms with Crippen molar-refractivity contribution in [2.24, 2.45) is 10.7 Å². The van der Waals surface area contributed by atoms with Crippen LogP contribution >= 0.6 is 27.7 Å². The van der Waals surface area contributed by atoms with Gasteiger partial charge in [0, 0.05) is 0 Å². The van der Waals surface area contributed by atoms with Crippen molar-refractivity contribution in [3.8, 4) is 0 Å². The van der Waals surface area contributed by atoms with Crippen molar-refractivity contribution >= 4 is 44.8 Å². The summed E-state index contributed by atoms with van der Waals surface area (Å²) in [5, 5.41) is 0.234. The van der Waals surface area contributed by atoms with Gasteiger partial charge < -0.3 is 5.73 Å². The van der Waals surface area contributed by atoms with Gasteiger partial charge in [0.2, 0.25) is 0 Å². The van der Waals surface area contributed by atoms with E-state index in [-0.39, 0.29) is 16.9 Å². The molecule has 0 aromatic heterocycles. The number of benzene rings is 1. The summed E-state index contributed by atoms with van der Waals surface area (Å²) in [5.74, 6) is -0.703. The van der Waals surface area contributed by atoms with Gasteiger partial charge in [0.25, 0.3) is 5.91 Å². The lowest BCUT2D eigenvalue weighted by Crippen LogP contribution is -2.01. The van der Waals surface area contributed by atoms with E-state index in [0.717, 1.165) is 11.8 Å². The maximum absolute atomic E-state index is 13.0. The van der Waals surface area contributed by atoms with Crippen LogP contribution in [-0.2, 0) is 4.79 Å². The number of hydrogen-bond donors (Lipinski definition) is 1. The maximum atomic E-state index is 13.0. The summed E-state index contributed by atoms with van der Waals surface area (Å²) in [6.07, 6.45) is 1.63. The molecule has 1 aliphatic rings. The van der Waals surface area contributed by atoms with E-state index < -0.39 is 0 Å². The quantitative estimate of drug-likeness (QED) is 0.811. The van der Waals surface area contributed by atoms with Gasteiger partial charge >= 0.3 is 0 Å². The summed E-state index contributed by atoms with van der Waals surface area (Å²) in [5.41, 5.74) is 6.12. The SMILES string of the molecule is NC1=NC(=O)/C(=C\c2ccc(F)c(Br)c2)S1. The van der Waals surface area contributed by atoms with Crippen LogP contribution < -0.4 is 5.73 Å². The fourth-order valence-electron chi connectivity index (χ4n) is 1.18. The molecule has 2 N–H and O–H groups in total. The number of thioether (sulfide) groups is 1.